The second-order valence-electron chi connectivity index (χ2n) is 11.6. The lowest BCUT2D eigenvalue weighted by atomic mass is 9.84. The summed E-state index contributed by atoms with van der Waals surface area (Å²) in [4.78, 5) is 4.40. The van der Waals surface area contributed by atoms with E-state index in [1.807, 2.05) is 0 Å². The molecule has 1 saturated carbocycles. The van der Waals surface area contributed by atoms with Gasteiger partial charge in [-0.25, -0.2) is 0 Å². The van der Waals surface area contributed by atoms with Crippen molar-refractivity contribution < 1.29 is 13.0 Å². The van der Waals surface area contributed by atoms with E-state index in [1.165, 1.54) is 108 Å². The largest absolute Gasteiger partial charge is 0.356 e. The number of unbranched alkanes of at least 4 members (excludes halogenated alkanes) is 9. The van der Waals surface area contributed by atoms with E-state index in [2.05, 4.69) is 46.8 Å². The molecule has 0 atom stereocenters. The number of rotatable bonds is 14. The normalized spacial score (nSPS) is 15.8. The molecule has 0 bridgehead atoms. The topological polar surface area (TPSA) is 90.8 Å². The van der Waals surface area contributed by atoms with E-state index in [0.29, 0.717) is 0 Å². The van der Waals surface area contributed by atoms with Crippen LogP contribution < -0.4 is 10.6 Å². The van der Waals surface area contributed by atoms with Crippen LogP contribution in [0.2, 0.25) is 0 Å². The molecule has 0 unspecified atom stereocenters. The zero-order valence-corrected chi connectivity index (χ0v) is 26.1. The molecule has 0 saturated heterocycles. The van der Waals surface area contributed by atoms with Gasteiger partial charge < -0.3 is 10.6 Å². The summed E-state index contributed by atoms with van der Waals surface area (Å²) < 4.78 is 30.8. The summed E-state index contributed by atoms with van der Waals surface area (Å²) in [6.07, 6.45) is 22.2. The molecule has 1 aliphatic heterocycles. The number of guanidine groups is 1. The number of hydrogen-bond donors (Lipinski definition) is 3. The Morgan fingerprint density at radius 2 is 1.41 bits per heavy atom. The summed E-state index contributed by atoms with van der Waals surface area (Å²) in [6.45, 7) is 4.19. The molecule has 4 rings (SSSR count). The lowest BCUT2D eigenvalue weighted by molar-refractivity contribution is 0.443. The van der Waals surface area contributed by atoms with Gasteiger partial charge in [0.05, 0.1) is 4.90 Å². The van der Waals surface area contributed by atoms with E-state index in [-0.39, 0.29) is 4.90 Å². The predicted molar refractivity (Wildman–Crippen MR) is 173 cm³/mol. The Hall–Kier alpha value is -2.38. The van der Waals surface area contributed by atoms with Crippen molar-refractivity contribution >= 4 is 21.8 Å². The molecule has 2 aliphatic rings. The third-order valence-corrected chi connectivity index (χ3v) is 9.06. The Kier molecular flexibility index (Phi) is 15.3. The first-order valence-electron chi connectivity index (χ1n) is 16.2. The highest BCUT2D eigenvalue weighted by Crippen LogP contribution is 2.33. The fourth-order valence-corrected chi connectivity index (χ4v) is 6.15. The predicted octanol–water partition coefficient (Wildman–Crippen LogP) is 8.89. The monoisotopic (exact) mass is 583 g/mol. The molecule has 2 aromatic rings. The van der Waals surface area contributed by atoms with Crippen LogP contribution in [0.5, 0.6) is 0 Å². The summed E-state index contributed by atoms with van der Waals surface area (Å²) in [6, 6.07) is 15.4. The SMILES string of the molecule is CCCCCCCCCCCCc1ccc(S(=O)(=O)O)cc1.c1cc(C2CCCCC2)ccc1NC1=NCCCN1. The van der Waals surface area contributed by atoms with Gasteiger partial charge in [0, 0.05) is 18.8 Å². The summed E-state index contributed by atoms with van der Waals surface area (Å²) in [7, 11) is -4.06. The minimum Gasteiger partial charge on any atom is -0.356 e. The fourth-order valence-electron chi connectivity index (χ4n) is 5.67. The average Bonchev–Trinajstić information content (AvgIpc) is 3.00. The first-order valence-corrected chi connectivity index (χ1v) is 17.6. The van der Waals surface area contributed by atoms with Crippen molar-refractivity contribution in [2.45, 2.75) is 127 Å². The van der Waals surface area contributed by atoms with Gasteiger partial charge in [-0.15, -0.1) is 0 Å². The van der Waals surface area contributed by atoms with Gasteiger partial charge in [-0.2, -0.15) is 8.42 Å². The molecule has 0 radical (unpaired) electrons. The van der Waals surface area contributed by atoms with Crippen LogP contribution in [0.4, 0.5) is 5.69 Å². The van der Waals surface area contributed by atoms with Crippen molar-refractivity contribution in [1.29, 1.82) is 0 Å². The summed E-state index contributed by atoms with van der Waals surface area (Å²) in [5, 5.41) is 6.63. The maximum absolute atomic E-state index is 10.9. The quantitative estimate of drug-likeness (QED) is 0.153. The molecular weight excluding hydrogens is 530 g/mol. The second-order valence-corrected chi connectivity index (χ2v) is 13.1. The summed E-state index contributed by atoms with van der Waals surface area (Å²) in [5.74, 6) is 1.70. The Bertz CT molecular complexity index is 1110. The molecule has 6 nitrogen and oxygen atoms in total. The highest BCUT2D eigenvalue weighted by molar-refractivity contribution is 7.85. The molecule has 1 aliphatic carbocycles. The smallest absolute Gasteiger partial charge is 0.294 e. The lowest BCUT2D eigenvalue weighted by Crippen LogP contribution is -2.35. The van der Waals surface area contributed by atoms with Crippen molar-refractivity contribution in [3.63, 3.8) is 0 Å². The van der Waals surface area contributed by atoms with Gasteiger partial charge in [0.15, 0.2) is 5.96 Å². The van der Waals surface area contributed by atoms with Gasteiger partial charge >= 0.3 is 0 Å². The second kappa shape index (κ2) is 18.9. The molecule has 0 amide bonds. The lowest BCUT2D eigenvalue weighted by Gasteiger charge is -2.22. The summed E-state index contributed by atoms with van der Waals surface area (Å²) in [5.41, 5.74) is 3.77. The van der Waals surface area contributed by atoms with Gasteiger partial charge in [0.1, 0.15) is 0 Å². The maximum atomic E-state index is 10.9. The van der Waals surface area contributed by atoms with Crippen LogP contribution in [-0.4, -0.2) is 32.0 Å². The van der Waals surface area contributed by atoms with E-state index in [9.17, 15) is 8.42 Å². The van der Waals surface area contributed by atoms with E-state index in [1.54, 1.807) is 12.1 Å². The molecule has 3 N–H and O–H groups in total. The molecule has 41 heavy (non-hydrogen) atoms. The van der Waals surface area contributed by atoms with Crippen LogP contribution in [0, 0.1) is 0 Å². The number of nitrogens with one attached hydrogen (secondary N) is 2. The Morgan fingerprint density at radius 3 is 1.98 bits per heavy atom. The maximum Gasteiger partial charge on any atom is 0.294 e. The van der Waals surface area contributed by atoms with Gasteiger partial charge in [-0.1, -0.05) is 108 Å². The van der Waals surface area contributed by atoms with Crippen LogP contribution in [0.15, 0.2) is 58.4 Å². The zero-order chi connectivity index (χ0) is 29.2. The molecular formula is C34H53N3O3S. The third kappa shape index (κ3) is 13.4. The van der Waals surface area contributed by atoms with E-state index >= 15 is 0 Å². The molecule has 7 heteroatoms. The van der Waals surface area contributed by atoms with Crippen molar-refractivity contribution in [3.8, 4) is 0 Å². The van der Waals surface area contributed by atoms with Crippen molar-refractivity contribution in [2.75, 3.05) is 18.4 Å². The molecule has 1 heterocycles. The van der Waals surface area contributed by atoms with Gasteiger partial charge in [0.25, 0.3) is 10.1 Å². The van der Waals surface area contributed by atoms with Crippen molar-refractivity contribution in [3.05, 3.63) is 59.7 Å². The number of benzene rings is 2. The van der Waals surface area contributed by atoms with Gasteiger partial charge in [-0.05, 0) is 73.4 Å². The first kappa shape index (κ1) is 33.1. The standard InChI is InChI=1S/C18H30O3S.C16H23N3/c1-2-3-4-5-6-7-8-9-10-11-12-17-13-15-18(16-14-17)22(19,20)21;1-2-5-13(6-3-1)14-7-9-15(10-8-14)19-16-17-11-4-12-18-16/h13-16H,2-12H2,1H3,(H,19,20,21);7-10,13H,1-6,11-12H2,(H2,17,18,19). The molecule has 0 spiro atoms. The minimum atomic E-state index is -4.06. The minimum absolute atomic E-state index is 0.0284. The van der Waals surface area contributed by atoms with Crippen molar-refractivity contribution in [1.82, 2.24) is 5.32 Å². The van der Waals surface area contributed by atoms with Crippen LogP contribution in [0.3, 0.4) is 0 Å². The molecule has 1 fully saturated rings. The van der Waals surface area contributed by atoms with Crippen molar-refractivity contribution in [2.24, 2.45) is 4.99 Å². The number of hydrogen-bond acceptors (Lipinski definition) is 5. The number of aliphatic imine (C=N–C) groups is 1. The molecule has 228 valence electrons. The fraction of sp³-hybridized carbons (Fsp3) is 0.618. The number of aryl methyl sites for hydroxylation is 1. The number of anilines is 1. The van der Waals surface area contributed by atoms with Crippen LogP contribution in [-0.2, 0) is 16.5 Å². The highest BCUT2D eigenvalue weighted by Gasteiger charge is 2.15. The summed E-state index contributed by atoms with van der Waals surface area (Å²) >= 11 is 0. The highest BCUT2D eigenvalue weighted by atomic mass is 32.2. The zero-order valence-electron chi connectivity index (χ0n) is 25.3. The van der Waals surface area contributed by atoms with E-state index in [4.69, 9.17) is 4.55 Å². The number of nitrogens with zero attached hydrogens (tertiary/aromatic N) is 1. The van der Waals surface area contributed by atoms with Crippen LogP contribution in [0.25, 0.3) is 0 Å². The van der Waals surface area contributed by atoms with Gasteiger partial charge in [-0.3, -0.25) is 9.55 Å². The van der Waals surface area contributed by atoms with Gasteiger partial charge in [0.2, 0.25) is 0 Å². The Morgan fingerprint density at radius 1 is 0.805 bits per heavy atom. The third-order valence-electron chi connectivity index (χ3n) is 8.19. The Labute approximate surface area is 249 Å². The average molecular weight is 584 g/mol. The Balaban J connectivity index is 0.000000227. The van der Waals surface area contributed by atoms with E-state index < -0.39 is 10.1 Å². The van der Waals surface area contributed by atoms with Crippen LogP contribution in [0.1, 0.15) is 127 Å². The molecule has 2 aromatic carbocycles. The molecule has 0 aromatic heterocycles. The first-order chi connectivity index (χ1) is 20.0. The van der Waals surface area contributed by atoms with E-state index in [0.717, 1.165) is 55.5 Å². The van der Waals surface area contributed by atoms with Crippen LogP contribution >= 0.6 is 0 Å².